The maximum absolute atomic E-state index is 12.2. The van der Waals surface area contributed by atoms with Crippen molar-refractivity contribution in [2.45, 2.75) is 12.0 Å². The highest BCUT2D eigenvalue weighted by Gasteiger charge is 2.46. The Balaban J connectivity index is 1.97. The number of halogens is 1. The fourth-order valence-corrected chi connectivity index (χ4v) is 2.68. The number of hydrogen-bond acceptors (Lipinski definition) is 4. The number of para-hydroxylation sites is 1. The van der Waals surface area contributed by atoms with Crippen LogP contribution in [0.15, 0.2) is 53.7 Å². The Hall–Kier alpha value is -2.37. The molecule has 6 heteroatoms. The Morgan fingerprint density at radius 2 is 1.86 bits per heavy atom. The molecular weight excluding hydrogens is 304 g/mol. The maximum Gasteiger partial charge on any atom is 0.261 e. The Kier molecular flexibility index (Phi) is 3.60. The Morgan fingerprint density at radius 3 is 2.55 bits per heavy atom. The number of anilines is 1. The standard InChI is InChI=1S/C16H13ClN2O3/c17-11-7-5-10(6-8-11)14(19-22)9-16(21)12-3-1-2-4-13(12)18-15(16)20/h1-8,21-22H,9H2,(H,18,20)/b19-14+. The van der Waals surface area contributed by atoms with Gasteiger partial charge in [-0.25, -0.2) is 0 Å². The summed E-state index contributed by atoms with van der Waals surface area (Å²) in [6, 6.07) is 13.5. The van der Waals surface area contributed by atoms with E-state index < -0.39 is 11.5 Å². The fourth-order valence-electron chi connectivity index (χ4n) is 2.56. The lowest BCUT2D eigenvalue weighted by Crippen LogP contribution is -2.36. The number of nitrogens with one attached hydrogen (secondary N) is 1. The van der Waals surface area contributed by atoms with Crippen LogP contribution in [0.25, 0.3) is 0 Å². The lowest BCUT2D eigenvalue weighted by molar-refractivity contribution is -0.132. The summed E-state index contributed by atoms with van der Waals surface area (Å²) in [6.07, 6.45) is -0.145. The molecule has 0 fully saturated rings. The monoisotopic (exact) mass is 316 g/mol. The van der Waals surface area contributed by atoms with Crippen LogP contribution in [0.4, 0.5) is 5.69 Å². The third-order valence-electron chi connectivity index (χ3n) is 3.72. The molecule has 2 aromatic carbocycles. The third-order valence-corrected chi connectivity index (χ3v) is 3.97. The average Bonchev–Trinajstić information content (AvgIpc) is 2.78. The predicted molar refractivity (Wildman–Crippen MR) is 83.4 cm³/mol. The molecule has 0 radical (unpaired) electrons. The smallest absolute Gasteiger partial charge is 0.261 e. The van der Waals surface area contributed by atoms with Crippen molar-refractivity contribution in [3.63, 3.8) is 0 Å². The molecule has 0 saturated carbocycles. The molecule has 1 amide bonds. The van der Waals surface area contributed by atoms with Crippen LogP contribution in [0.2, 0.25) is 5.02 Å². The van der Waals surface area contributed by atoms with Gasteiger partial charge in [-0.1, -0.05) is 47.1 Å². The first-order valence-electron chi connectivity index (χ1n) is 6.65. The van der Waals surface area contributed by atoms with E-state index in [9.17, 15) is 15.1 Å². The van der Waals surface area contributed by atoms with E-state index in [1.165, 1.54) is 0 Å². The molecule has 3 N–H and O–H groups in total. The van der Waals surface area contributed by atoms with E-state index in [1.807, 2.05) is 0 Å². The van der Waals surface area contributed by atoms with Gasteiger partial charge >= 0.3 is 0 Å². The molecule has 112 valence electrons. The number of carbonyl (C=O) groups is 1. The van der Waals surface area contributed by atoms with E-state index in [1.54, 1.807) is 48.5 Å². The summed E-state index contributed by atoms with van der Waals surface area (Å²) < 4.78 is 0. The van der Waals surface area contributed by atoms with Crippen LogP contribution in [-0.2, 0) is 10.4 Å². The number of benzene rings is 2. The third kappa shape index (κ3) is 2.34. The zero-order valence-electron chi connectivity index (χ0n) is 11.5. The Morgan fingerprint density at radius 1 is 1.18 bits per heavy atom. The fraction of sp³-hybridized carbons (Fsp3) is 0.125. The molecule has 1 heterocycles. The molecule has 0 aliphatic carbocycles. The summed E-state index contributed by atoms with van der Waals surface area (Å²) in [5, 5.41) is 26.5. The number of aliphatic hydroxyl groups is 1. The van der Waals surface area contributed by atoms with Gasteiger partial charge in [0.05, 0.1) is 5.71 Å². The van der Waals surface area contributed by atoms with E-state index in [0.29, 0.717) is 21.8 Å². The largest absolute Gasteiger partial charge is 0.411 e. The van der Waals surface area contributed by atoms with Gasteiger partial charge in [-0.15, -0.1) is 0 Å². The van der Waals surface area contributed by atoms with Gasteiger partial charge in [0.1, 0.15) is 0 Å². The second-order valence-electron chi connectivity index (χ2n) is 5.09. The molecular formula is C16H13ClN2O3. The molecule has 2 aromatic rings. The predicted octanol–water partition coefficient (Wildman–Crippen LogP) is 2.75. The van der Waals surface area contributed by atoms with Crippen molar-refractivity contribution in [3.8, 4) is 0 Å². The van der Waals surface area contributed by atoms with Crippen LogP contribution in [0, 0.1) is 0 Å². The van der Waals surface area contributed by atoms with E-state index in [2.05, 4.69) is 10.5 Å². The highest BCUT2D eigenvalue weighted by atomic mass is 35.5. The van der Waals surface area contributed by atoms with Crippen LogP contribution in [0.3, 0.4) is 0 Å². The molecule has 1 aliphatic rings. The molecule has 22 heavy (non-hydrogen) atoms. The zero-order valence-corrected chi connectivity index (χ0v) is 12.2. The first-order chi connectivity index (χ1) is 10.5. The van der Waals surface area contributed by atoms with Crippen molar-refractivity contribution in [2.24, 2.45) is 5.16 Å². The number of amides is 1. The van der Waals surface area contributed by atoms with Gasteiger partial charge in [0.2, 0.25) is 0 Å². The first kappa shape index (κ1) is 14.6. The maximum atomic E-state index is 12.2. The number of rotatable bonds is 3. The molecule has 1 atom stereocenters. The Labute approximate surface area is 131 Å². The first-order valence-corrected chi connectivity index (χ1v) is 7.02. The number of carbonyl (C=O) groups excluding carboxylic acids is 1. The molecule has 3 rings (SSSR count). The molecule has 0 saturated heterocycles. The van der Waals surface area contributed by atoms with Gasteiger partial charge in [-0.2, -0.15) is 0 Å². The van der Waals surface area contributed by atoms with Crippen molar-refractivity contribution in [3.05, 3.63) is 64.7 Å². The lowest BCUT2D eigenvalue weighted by Gasteiger charge is -2.21. The summed E-state index contributed by atoms with van der Waals surface area (Å²) in [5.74, 6) is -0.538. The summed E-state index contributed by atoms with van der Waals surface area (Å²) >= 11 is 5.83. The van der Waals surface area contributed by atoms with Crippen LogP contribution in [-0.4, -0.2) is 21.9 Å². The van der Waals surface area contributed by atoms with Gasteiger partial charge in [-0.05, 0) is 23.8 Å². The molecule has 0 spiro atoms. The van der Waals surface area contributed by atoms with Crippen molar-refractivity contribution >= 4 is 28.9 Å². The minimum Gasteiger partial charge on any atom is -0.411 e. The minimum absolute atomic E-state index is 0.145. The summed E-state index contributed by atoms with van der Waals surface area (Å²) in [6.45, 7) is 0. The summed E-state index contributed by atoms with van der Waals surface area (Å²) in [5.41, 5.74) is 0.0414. The van der Waals surface area contributed by atoms with Crippen LogP contribution in [0.5, 0.6) is 0 Å². The van der Waals surface area contributed by atoms with Crippen LogP contribution < -0.4 is 5.32 Å². The number of fused-ring (bicyclic) bond motifs is 1. The van der Waals surface area contributed by atoms with Crippen molar-refractivity contribution in [2.75, 3.05) is 5.32 Å². The molecule has 0 aromatic heterocycles. The number of nitrogens with zero attached hydrogens (tertiary/aromatic N) is 1. The van der Waals surface area contributed by atoms with Gasteiger partial charge in [0.25, 0.3) is 5.91 Å². The number of oxime groups is 1. The highest BCUT2D eigenvalue weighted by Crippen LogP contribution is 2.38. The van der Waals surface area contributed by atoms with Crippen molar-refractivity contribution in [1.29, 1.82) is 0 Å². The normalized spacial score (nSPS) is 20.6. The molecule has 5 nitrogen and oxygen atoms in total. The van der Waals surface area contributed by atoms with Crippen molar-refractivity contribution < 1.29 is 15.1 Å². The van der Waals surface area contributed by atoms with Crippen molar-refractivity contribution in [1.82, 2.24) is 0 Å². The van der Waals surface area contributed by atoms with Gasteiger partial charge in [-0.3, -0.25) is 4.79 Å². The van der Waals surface area contributed by atoms with E-state index >= 15 is 0 Å². The second kappa shape index (κ2) is 5.44. The molecule has 1 unspecified atom stereocenters. The summed E-state index contributed by atoms with van der Waals surface area (Å²) in [4.78, 5) is 12.2. The van der Waals surface area contributed by atoms with E-state index in [4.69, 9.17) is 11.6 Å². The Bertz CT molecular complexity index is 758. The second-order valence-corrected chi connectivity index (χ2v) is 5.53. The zero-order chi connectivity index (χ0) is 15.7. The lowest BCUT2D eigenvalue weighted by atomic mass is 9.88. The molecule has 0 bridgehead atoms. The van der Waals surface area contributed by atoms with Gasteiger partial charge in [0, 0.05) is 22.7 Å². The van der Waals surface area contributed by atoms with E-state index in [0.717, 1.165) is 0 Å². The van der Waals surface area contributed by atoms with Crippen LogP contribution >= 0.6 is 11.6 Å². The van der Waals surface area contributed by atoms with Gasteiger partial charge in [0.15, 0.2) is 5.60 Å². The highest BCUT2D eigenvalue weighted by molar-refractivity contribution is 6.30. The van der Waals surface area contributed by atoms with Crippen LogP contribution in [0.1, 0.15) is 17.5 Å². The molecule has 1 aliphatic heterocycles. The average molecular weight is 317 g/mol. The minimum atomic E-state index is -1.77. The van der Waals surface area contributed by atoms with Gasteiger partial charge < -0.3 is 15.6 Å². The summed E-state index contributed by atoms with van der Waals surface area (Å²) in [7, 11) is 0. The topological polar surface area (TPSA) is 81.9 Å². The number of hydrogen-bond donors (Lipinski definition) is 3. The SMILES string of the molecule is O=C1Nc2ccccc2C1(O)C/C(=N\O)c1ccc(Cl)cc1. The quantitative estimate of drug-likeness (QED) is 0.462. The van der Waals surface area contributed by atoms with E-state index in [-0.39, 0.29) is 12.1 Å².